The molecule has 0 unspecified atom stereocenters. The number of ketones is 1. The van der Waals surface area contributed by atoms with Crippen LogP contribution >= 0.6 is 0 Å². The fourth-order valence-corrected chi connectivity index (χ4v) is 12.3. The van der Waals surface area contributed by atoms with E-state index in [9.17, 15) is 9.90 Å². The number of carbonyl (C=O) groups is 1. The number of rotatable bonds is 16. The average molecular weight is 870 g/mol. The molecule has 5 rings (SSSR count). The van der Waals surface area contributed by atoms with Crippen molar-refractivity contribution in [2.45, 2.75) is 163 Å². The Bertz CT molecular complexity index is 1980. The predicted molar refractivity (Wildman–Crippen MR) is 249 cm³/mol. The van der Waals surface area contributed by atoms with Crippen molar-refractivity contribution in [3.05, 3.63) is 58.0 Å². The van der Waals surface area contributed by atoms with Crippen LogP contribution in [0, 0.1) is 41.9 Å². The number of nitrogens with zero attached hydrogens (tertiary/aromatic N) is 1. The molecule has 2 aromatic rings. The lowest BCUT2D eigenvalue weighted by Gasteiger charge is -2.61. The summed E-state index contributed by atoms with van der Waals surface area (Å²) in [5, 5.41) is 14.9. The molecular weight excluding hydrogens is 791 g/mol. The zero-order chi connectivity index (χ0) is 44.8. The summed E-state index contributed by atoms with van der Waals surface area (Å²) in [4.78, 5) is 15.0. The molecule has 0 amide bonds. The van der Waals surface area contributed by atoms with E-state index in [1.807, 2.05) is 50.4 Å². The first-order valence-corrected chi connectivity index (χ1v) is 29.2. The normalized spacial score (nSPS) is 22.4. The Morgan fingerprint density at radius 1 is 0.932 bits per heavy atom. The first-order valence-electron chi connectivity index (χ1n) is 21.8. The summed E-state index contributed by atoms with van der Waals surface area (Å²) < 4.78 is 47.3. The number of ether oxygens (including phenoxy) is 2. The van der Waals surface area contributed by atoms with Gasteiger partial charge in [0.15, 0.2) is 14.1 Å². The number of hydrogen-bond donors (Lipinski definition) is 1. The van der Waals surface area contributed by atoms with Gasteiger partial charge in [-0.05, 0) is 97.2 Å². The van der Waals surface area contributed by atoms with Crippen LogP contribution in [-0.2, 0) is 14.2 Å². The van der Waals surface area contributed by atoms with Crippen LogP contribution in [0.1, 0.15) is 130 Å². The summed E-state index contributed by atoms with van der Waals surface area (Å²) in [6.45, 7) is 37.2. The third kappa shape index (κ3) is 10.3. The van der Waals surface area contributed by atoms with Gasteiger partial charge in [-0.2, -0.15) is 0 Å². The number of aliphatic hydroxyl groups is 1. The van der Waals surface area contributed by atoms with E-state index >= 15 is 4.21 Å². The average Bonchev–Trinajstić information content (AvgIpc) is 3.11. The van der Waals surface area contributed by atoms with Crippen molar-refractivity contribution in [1.29, 1.82) is 0 Å². The zero-order valence-electron chi connectivity index (χ0n) is 40.1. The summed E-state index contributed by atoms with van der Waals surface area (Å²) in [7, 11) is -4.82. The molecule has 2 bridgehead atoms. The maximum atomic E-state index is 16.0. The molecule has 3 aliphatic rings. The van der Waals surface area contributed by atoms with Crippen LogP contribution in [-0.4, -0.2) is 58.6 Å². The minimum atomic E-state index is -3.20. The number of aliphatic hydroxyl groups excluding tert-OH is 1. The van der Waals surface area contributed by atoms with Crippen molar-refractivity contribution in [1.82, 2.24) is 0 Å². The lowest BCUT2D eigenvalue weighted by Crippen LogP contribution is -2.53. The van der Waals surface area contributed by atoms with Gasteiger partial charge in [0.2, 0.25) is 0 Å². The molecule has 0 heterocycles. The molecular formula is C48H79NO7SSi2. The largest absolute Gasteiger partial charge is 0.543 e. The maximum absolute atomic E-state index is 16.0. The smallest absolute Gasteiger partial charge is 0.250 e. The standard InChI is InChI=1S/C48H79NO7SSi2/c1-30(2)24-39(50)42-40(53-14)27-41(54-15)43(45(42)56-59(18,19)47(9,10)11)44(51)35-25-33-26-37(48(33,12)13)36(35)29-57(52,34-22-20-32(5)21-23-34)49-38(31(3)4)28-55-58(16,17)46(6,7)8/h20-23,27,29-31,33,35,37-38,44,51H,24-26,28H2,1-19H3/b36-29+/t33-,35-,37-,38-,44-,57+/m0/s1. The molecule has 0 saturated heterocycles. The van der Waals surface area contributed by atoms with E-state index in [0.717, 1.165) is 17.6 Å². The highest BCUT2D eigenvalue weighted by molar-refractivity contribution is 7.96. The SMILES string of the molecule is COc1cc(OC)c([C@@H](O)[C@H]2C[C@H]3C[C@@H](/C2=C/[S@](=O)(=N[C@@H](CO[Si](C)(C)C(C)(C)C)C(C)C)c2ccc(C)cc2)C3(C)C)c(O[Si](C)(C)C(C)(C)C)c1C(=O)CC(C)C. The van der Waals surface area contributed by atoms with Gasteiger partial charge in [-0.25, -0.2) is 8.57 Å². The highest BCUT2D eigenvalue weighted by Crippen LogP contribution is 2.66. The highest BCUT2D eigenvalue weighted by atomic mass is 32.2. The molecule has 11 heteroatoms. The van der Waals surface area contributed by atoms with Crippen LogP contribution in [0.4, 0.5) is 0 Å². The van der Waals surface area contributed by atoms with E-state index in [-0.39, 0.29) is 51.5 Å². The van der Waals surface area contributed by atoms with Crippen molar-refractivity contribution in [2.75, 3.05) is 20.8 Å². The van der Waals surface area contributed by atoms with Crippen LogP contribution in [0.2, 0.25) is 36.3 Å². The number of benzene rings is 2. The molecule has 332 valence electrons. The Morgan fingerprint density at radius 3 is 1.97 bits per heavy atom. The Kier molecular flexibility index (Phi) is 14.8. The quantitative estimate of drug-likeness (QED) is 0.132. The van der Waals surface area contributed by atoms with Gasteiger partial charge in [-0.1, -0.05) is 106 Å². The molecule has 0 radical (unpaired) electrons. The van der Waals surface area contributed by atoms with Crippen molar-refractivity contribution < 1.29 is 32.4 Å². The highest BCUT2D eigenvalue weighted by Gasteiger charge is 2.57. The fraction of sp³-hybridized carbons (Fsp3) is 0.688. The molecule has 1 N–H and O–H groups in total. The van der Waals surface area contributed by atoms with Gasteiger partial charge in [0.25, 0.3) is 8.32 Å². The predicted octanol–water partition coefficient (Wildman–Crippen LogP) is 12.8. The number of fused-ring (bicyclic) bond motifs is 2. The van der Waals surface area contributed by atoms with E-state index in [1.54, 1.807) is 20.3 Å². The topological polar surface area (TPSA) is 104 Å². The summed E-state index contributed by atoms with van der Waals surface area (Å²) in [5.74, 6) is 1.13. The fourth-order valence-electron chi connectivity index (χ4n) is 7.99. The van der Waals surface area contributed by atoms with Gasteiger partial charge in [-0.15, -0.1) is 0 Å². The first kappa shape index (κ1) is 49.2. The minimum absolute atomic E-state index is 0.0155. The van der Waals surface area contributed by atoms with Gasteiger partial charge >= 0.3 is 0 Å². The van der Waals surface area contributed by atoms with Crippen molar-refractivity contribution in [3.8, 4) is 17.2 Å². The first-order chi connectivity index (χ1) is 26.9. The Morgan fingerprint density at radius 2 is 1.49 bits per heavy atom. The zero-order valence-corrected chi connectivity index (χ0v) is 42.9. The molecule has 3 fully saturated rings. The molecule has 8 nitrogen and oxygen atoms in total. The van der Waals surface area contributed by atoms with Crippen LogP contribution in [0.3, 0.4) is 0 Å². The monoisotopic (exact) mass is 870 g/mol. The van der Waals surface area contributed by atoms with Crippen LogP contribution in [0.5, 0.6) is 17.2 Å². The second kappa shape index (κ2) is 17.7. The second-order valence-electron chi connectivity index (χ2n) is 21.9. The molecule has 59 heavy (non-hydrogen) atoms. The van der Waals surface area contributed by atoms with E-state index in [4.69, 9.17) is 22.7 Å². The molecule has 3 saturated carbocycles. The molecule has 0 spiro atoms. The summed E-state index contributed by atoms with van der Waals surface area (Å²) >= 11 is 0. The van der Waals surface area contributed by atoms with E-state index in [0.29, 0.717) is 52.2 Å². The molecule has 3 aliphatic carbocycles. The lowest BCUT2D eigenvalue weighted by molar-refractivity contribution is -0.0710. The Labute approximate surface area is 361 Å². The number of hydrogen-bond acceptors (Lipinski definition) is 8. The van der Waals surface area contributed by atoms with Crippen molar-refractivity contribution >= 4 is 32.1 Å². The summed E-state index contributed by atoms with van der Waals surface area (Å²) in [6, 6.07) is 9.28. The van der Waals surface area contributed by atoms with Crippen LogP contribution < -0.4 is 13.9 Å². The molecule has 0 aromatic heterocycles. The van der Waals surface area contributed by atoms with Gasteiger partial charge in [0.1, 0.15) is 22.8 Å². The summed E-state index contributed by atoms with van der Waals surface area (Å²) in [5.41, 5.74) is 2.73. The summed E-state index contributed by atoms with van der Waals surface area (Å²) in [6.07, 6.45) is 0.762. The third-order valence-electron chi connectivity index (χ3n) is 14.4. The van der Waals surface area contributed by atoms with E-state index < -0.39 is 38.4 Å². The molecule has 6 atom stereocenters. The molecule has 0 aliphatic heterocycles. The molecule has 2 aromatic carbocycles. The van der Waals surface area contributed by atoms with E-state index in [2.05, 4.69) is 95.4 Å². The second-order valence-corrected chi connectivity index (χ2v) is 33.5. The number of methoxy groups -OCH3 is 2. The lowest BCUT2D eigenvalue weighted by atomic mass is 9.44. The van der Waals surface area contributed by atoms with Crippen molar-refractivity contribution in [2.24, 2.45) is 39.4 Å². The van der Waals surface area contributed by atoms with Crippen molar-refractivity contribution in [3.63, 3.8) is 0 Å². The van der Waals surface area contributed by atoms with Gasteiger partial charge < -0.3 is 23.4 Å². The Hall–Kier alpha value is -2.45. The minimum Gasteiger partial charge on any atom is -0.543 e. The third-order valence-corrected chi connectivity index (χ3v) is 25.3. The van der Waals surface area contributed by atoms with E-state index in [1.165, 1.54) is 0 Å². The van der Waals surface area contributed by atoms with Crippen LogP contribution in [0.15, 0.2) is 50.6 Å². The number of carbonyl (C=O) groups excluding carboxylic acids is 1. The van der Waals surface area contributed by atoms with Gasteiger partial charge in [-0.3, -0.25) is 4.79 Å². The van der Waals surface area contributed by atoms with Gasteiger partial charge in [0, 0.05) is 23.8 Å². The number of Topliss-reactive ketones (excluding diaryl/α,β-unsaturated/α-hetero) is 1. The van der Waals surface area contributed by atoms with Crippen LogP contribution in [0.25, 0.3) is 0 Å². The van der Waals surface area contributed by atoms with Gasteiger partial charge in [0.05, 0.1) is 53.2 Å². The number of aryl methyl sites for hydroxylation is 1. The Balaban J connectivity index is 2.06. The maximum Gasteiger partial charge on any atom is 0.250 e.